The minimum atomic E-state index is -2.68. The van der Waals surface area contributed by atoms with Gasteiger partial charge >= 0.3 is 17.9 Å². The first kappa shape index (κ1) is 36.2. The van der Waals surface area contributed by atoms with Crippen molar-refractivity contribution in [2.75, 3.05) is 5.75 Å². The van der Waals surface area contributed by atoms with Crippen molar-refractivity contribution in [2.45, 2.75) is 87.5 Å². The number of aliphatic hydroxyl groups excluding tert-OH is 1. The van der Waals surface area contributed by atoms with E-state index >= 15 is 0 Å². The predicted molar refractivity (Wildman–Crippen MR) is 176 cm³/mol. The summed E-state index contributed by atoms with van der Waals surface area (Å²) >= 11 is 1.31. The van der Waals surface area contributed by atoms with Crippen LogP contribution < -0.4 is 16.4 Å². The van der Waals surface area contributed by atoms with E-state index < -0.39 is 65.3 Å². The van der Waals surface area contributed by atoms with Gasteiger partial charge in [0.25, 0.3) is 0 Å². The second-order valence-electron chi connectivity index (χ2n) is 13.2. The van der Waals surface area contributed by atoms with E-state index in [1.807, 2.05) is 23.5 Å². The molecule has 1 aromatic heterocycles. The van der Waals surface area contributed by atoms with Gasteiger partial charge in [0.1, 0.15) is 17.7 Å². The Bertz CT molecular complexity index is 1590. The van der Waals surface area contributed by atoms with Crippen molar-refractivity contribution in [3.05, 3.63) is 65.2 Å². The number of aliphatic carboxylic acids is 2. The molecule has 1 fully saturated rings. The number of thioether (sulfide) groups is 1. The molecule has 0 bridgehead atoms. The fourth-order valence-electron chi connectivity index (χ4n) is 7.52. The molecule has 8 N–H and O–H groups in total. The van der Waals surface area contributed by atoms with Gasteiger partial charge < -0.3 is 35.8 Å². The zero-order valence-electron chi connectivity index (χ0n) is 27.1. The predicted octanol–water partition coefficient (Wildman–Crippen LogP) is 1.53. The monoisotopic (exact) mass is 698 g/mol. The number of aromatic nitrogens is 1. The van der Waals surface area contributed by atoms with E-state index in [1.54, 1.807) is 12.4 Å². The lowest BCUT2D eigenvalue weighted by Crippen LogP contribution is -2.54. The first-order valence-corrected chi connectivity index (χ1v) is 17.3. The Kier molecular flexibility index (Phi) is 10.7. The van der Waals surface area contributed by atoms with Crippen LogP contribution in [0.5, 0.6) is 0 Å². The van der Waals surface area contributed by atoms with E-state index in [0.717, 1.165) is 48.8 Å². The molecule has 14 nitrogen and oxygen atoms in total. The van der Waals surface area contributed by atoms with Crippen molar-refractivity contribution in [1.82, 2.24) is 15.6 Å². The molecule has 6 atom stereocenters. The summed E-state index contributed by atoms with van der Waals surface area (Å²) in [5, 5.41) is 42.5. The van der Waals surface area contributed by atoms with Gasteiger partial charge in [-0.25, -0.2) is 9.59 Å². The van der Waals surface area contributed by atoms with Crippen molar-refractivity contribution >= 4 is 41.5 Å². The number of ether oxygens (including phenoxy) is 1. The molecule has 0 unspecified atom stereocenters. The van der Waals surface area contributed by atoms with E-state index in [2.05, 4.69) is 29.4 Å². The van der Waals surface area contributed by atoms with Crippen LogP contribution in [0.4, 0.5) is 0 Å². The molecule has 0 radical (unpaired) electrons. The smallest absolute Gasteiger partial charge is 0.353 e. The third-order valence-electron chi connectivity index (χ3n) is 10.2. The van der Waals surface area contributed by atoms with Crippen LogP contribution in [0.1, 0.15) is 63.9 Å². The molecule has 4 aliphatic rings. The Hall–Kier alpha value is -4.05. The van der Waals surface area contributed by atoms with E-state index in [4.69, 9.17) is 15.6 Å². The second-order valence-corrected chi connectivity index (χ2v) is 14.5. The molecule has 2 heterocycles. The summed E-state index contributed by atoms with van der Waals surface area (Å²) in [4.78, 5) is 66.5. The molecule has 1 aliphatic heterocycles. The molecule has 264 valence electrons. The lowest BCUT2D eigenvalue weighted by Gasteiger charge is -2.49. The third kappa shape index (κ3) is 7.30. The molecule has 2 amide bonds. The summed E-state index contributed by atoms with van der Waals surface area (Å²) in [5.74, 6) is -5.88. The Morgan fingerprint density at radius 2 is 1.86 bits per heavy atom. The number of allylic oxidation sites excluding steroid dienone is 2. The van der Waals surface area contributed by atoms with E-state index in [-0.39, 0.29) is 23.1 Å². The summed E-state index contributed by atoms with van der Waals surface area (Å²) in [6, 6.07) is 2.48. The van der Waals surface area contributed by atoms with Gasteiger partial charge in [0.2, 0.25) is 23.8 Å². The number of nitrogens with two attached hydrogens (primary N) is 1. The number of carbonyl (C=O) groups is 5. The Balaban J connectivity index is 1.47. The van der Waals surface area contributed by atoms with Gasteiger partial charge in [-0.15, -0.1) is 11.8 Å². The standard InChI is InChI=1S/C34H42N4O10S/c1-2-32(9-3-4-10-32)33(49-18-23(27(40)38-28(41)29(42)43)37-24(39)6-12-34(35,47)31(45)46)11-5-21-16-20(15-19-7-13-36-14-8-19)17-22-25(21)26(33)48-30(22)44/h5,7-8,11,13-14,17,21-23,28,41,47H,2-4,6,9-10,12,15-16,18,35H2,1H3,(H,37,39)(H,38,40)(H,42,43)(H,45,46)/t21-,22+,23-,28-,33-,34+/m0/s1. The number of hydrogen-bond acceptors (Lipinski definition) is 11. The second kappa shape index (κ2) is 14.4. The number of carboxylic acid groups (broad SMARTS) is 2. The highest BCUT2D eigenvalue weighted by Gasteiger charge is 2.60. The highest BCUT2D eigenvalue weighted by molar-refractivity contribution is 8.01. The minimum absolute atomic E-state index is 0.0777. The van der Waals surface area contributed by atoms with Crippen molar-refractivity contribution in [3.8, 4) is 0 Å². The fraction of sp³-hybridized carbons (Fsp3) is 0.529. The highest BCUT2D eigenvalue weighted by atomic mass is 32.2. The van der Waals surface area contributed by atoms with Gasteiger partial charge in [-0.05, 0) is 60.8 Å². The van der Waals surface area contributed by atoms with Crippen molar-refractivity contribution in [3.63, 3.8) is 0 Å². The van der Waals surface area contributed by atoms with E-state index in [0.29, 0.717) is 18.6 Å². The summed E-state index contributed by atoms with van der Waals surface area (Å²) < 4.78 is 5.30. The Morgan fingerprint density at radius 3 is 2.49 bits per heavy atom. The summed E-state index contributed by atoms with van der Waals surface area (Å²) in [5.41, 5.74) is 5.38. The zero-order chi connectivity index (χ0) is 35.6. The SMILES string of the molecule is CCC1([C@]2(SC[C@H](NC(=O)CC[C@@](N)(O)C(=O)O)C(=O)N[C@@H](O)C(=O)O)C=C[C@H]3CC(Cc4ccncc4)=C[C@H]4C(=O)OC2=C43)CCCC1. The van der Waals surface area contributed by atoms with Crippen LogP contribution in [0.3, 0.4) is 0 Å². The Labute approximate surface area is 287 Å². The number of nitrogens with one attached hydrogen (secondary N) is 2. The number of carboxylic acids is 2. The molecule has 5 rings (SSSR count). The average Bonchev–Trinajstić information content (AvgIpc) is 3.70. The molecule has 0 spiro atoms. The Morgan fingerprint density at radius 1 is 1.16 bits per heavy atom. The number of pyridine rings is 1. The first-order valence-electron chi connectivity index (χ1n) is 16.3. The number of esters is 1. The van der Waals surface area contributed by atoms with Crippen molar-refractivity contribution < 1.29 is 49.1 Å². The van der Waals surface area contributed by atoms with Crippen LogP contribution in [0.25, 0.3) is 0 Å². The quantitative estimate of drug-likeness (QED) is 0.0782. The van der Waals surface area contributed by atoms with Gasteiger partial charge in [-0.1, -0.05) is 43.6 Å². The highest BCUT2D eigenvalue weighted by Crippen LogP contribution is 2.64. The fourth-order valence-corrected chi connectivity index (χ4v) is 9.31. The van der Waals surface area contributed by atoms with Crippen molar-refractivity contribution in [2.24, 2.45) is 23.0 Å². The van der Waals surface area contributed by atoms with Crippen LogP contribution in [-0.2, 0) is 35.1 Å². The molecule has 3 aliphatic carbocycles. The lowest BCUT2D eigenvalue weighted by molar-refractivity contribution is -0.159. The summed E-state index contributed by atoms with van der Waals surface area (Å²) in [6.07, 6.45) is 11.8. The lowest BCUT2D eigenvalue weighted by atomic mass is 9.64. The number of amides is 2. The molecule has 1 saturated carbocycles. The minimum Gasteiger partial charge on any atom is -0.478 e. The topological polar surface area (TPSA) is 238 Å². The summed E-state index contributed by atoms with van der Waals surface area (Å²) in [7, 11) is 0. The molecule has 0 saturated heterocycles. The largest absolute Gasteiger partial charge is 0.478 e. The molecular formula is C34H42N4O10S. The maximum absolute atomic E-state index is 13.6. The molecule has 49 heavy (non-hydrogen) atoms. The van der Waals surface area contributed by atoms with Crippen LogP contribution in [0.15, 0.2) is 59.7 Å². The maximum Gasteiger partial charge on any atom is 0.353 e. The number of hydrogen-bond donors (Lipinski definition) is 7. The van der Waals surface area contributed by atoms with Gasteiger partial charge in [0, 0.05) is 36.9 Å². The first-order chi connectivity index (χ1) is 23.2. The van der Waals surface area contributed by atoms with Crippen LogP contribution in [0.2, 0.25) is 0 Å². The number of nitrogens with zero attached hydrogens (tertiary/aromatic N) is 1. The average molecular weight is 699 g/mol. The number of carbonyl (C=O) groups excluding carboxylic acids is 3. The van der Waals surface area contributed by atoms with Gasteiger partial charge in [0.15, 0.2) is 0 Å². The molecule has 1 aromatic rings. The van der Waals surface area contributed by atoms with Gasteiger partial charge in [-0.2, -0.15) is 0 Å². The number of aliphatic hydroxyl groups is 2. The van der Waals surface area contributed by atoms with Crippen molar-refractivity contribution in [1.29, 1.82) is 0 Å². The van der Waals surface area contributed by atoms with Gasteiger partial charge in [0.05, 0.1) is 4.75 Å². The van der Waals surface area contributed by atoms with Crippen LogP contribution in [-0.4, -0.2) is 83.6 Å². The normalized spacial score (nSPS) is 26.1. The molecular weight excluding hydrogens is 656 g/mol. The molecule has 15 heteroatoms. The maximum atomic E-state index is 13.6. The van der Waals surface area contributed by atoms with Crippen LogP contribution >= 0.6 is 11.8 Å². The van der Waals surface area contributed by atoms with E-state index in [9.17, 15) is 39.3 Å². The molecule has 0 aromatic carbocycles. The number of rotatable bonds is 15. The zero-order valence-corrected chi connectivity index (χ0v) is 27.9. The van der Waals surface area contributed by atoms with Crippen LogP contribution in [0, 0.1) is 17.3 Å². The third-order valence-corrected chi connectivity index (χ3v) is 11.9. The summed E-state index contributed by atoms with van der Waals surface area (Å²) in [6.45, 7) is 2.08. The van der Waals surface area contributed by atoms with E-state index in [1.165, 1.54) is 11.8 Å². The van der Waals surface area contributed by atoms with Gasteiger partial charge in [-0.3, -0.25) is 25.1 Å².